The van der Waals surface area contributed by atoms with Crippen molar-refractivity contribution in [2.24, 2.45) is 0 Å². The lowest BCUT2D eigenvalue weighted by molar-refractivity contribution is -0.117. The molecule has 1 aliphatic heterocycles. The molecule has 2 amide bonds. The molecule has 29 heavy (non-hydrogen) atoms. The maximum atomic E-state index is 13.7. The monoisotopic (exact) mass is 411 g/mol. The average Bonchev–Trinajstić information content (AvgIpc) is 3.12. The molecule has 7 nitrogen and oxygen atoms in total. The highest BCUT2D eigenvalue weighted by molar-refractivity contribution is 7.15. The zero-order valence-corrected chi connectivity index (χ0v) is 16.2. The van der Waals surface area contributed by atoms with E-state index in [4.69, 9.17) is 0 Å². The predicted octanol–water partition coefficient (Wildman–Crippen LogP) is 2.93. The van der Waals surface area contributed by atoms with Crippen LogP contribution in [0.4, 0.5) is 15.2 Å². The van der Waals surface area contributed by atoms with Crippen molar-refractivity contribution in [1.29, 1.82) is 0 Å². The number of anilines is 2. The molecule has 0 saturated carbocycles. The lowest BCUT2D eigenvalue weighted by Crippen LogP contribution is -2.36. The molecule has 3 heterocycles. The first-order chi connectivity index (χ1) is 14.1. The summed E-state index contributed by atoms with van der Waals surface area (Å²) in [5.41, 5.74) is 1.43. The smallest absolute Gasteiger partial charge is 0.276 e. The van der Waals surface area contributed by atoms with E-state index in [-0.39, 0.29) is 24.0 Å². The van der Waals surface area contributed by atoms with Crippen LogP contribution < -0.4 is 10.6 Å². The molecule has 9 heteroatoms. The largest absolute Gasteiger partial charge is 0.322 e. The van der Waals surface area contributed by atoms with Gasteiger partial charge >= 0.3 is 0 Å². The summed E-state index contributed by atoms with van der Waals surface area (Å²) in [5, 5.41) is 5.89. The Morgan fingerprint density at radius 3 is 2.76 bits per heavy atom. The summed E-state index contributed by atoms with van der Waals surface area (Å²) >= 11 is 1.39. The standard InChI is InChI=1S/C20H18FN5O2S/c21-13-5-1-2-6-14(13)23-18(27)12-26-10-8-15-17(11-26)29-20(24-15)25-19(28)16-7-3-4-9-22-16/h1-7,9H,8,10-12H2,(H,23,27)(H,24,25,28). The molecule has 1 aliphatic rings. The zero-order valence-electron chi connectivity index (χ0n) is 15.4. The van der Waals surface area contributed by atoms with Crippen LogP contribution in [-0.4, -0.2) is 39.8 Å². The summed E-state index contributed by atoms with van der Waals surface area (Å²) in [6, 6.07) is 11.2. The number of aromatic nitrogens is 2. The third-order valence-electron chi connectivity index (χ3n) is 4.44. The Morgan fingerprint density at radius 2 is 1.97 bits per heavy atom. The summed E-state index contributed by atoms with van der Waals surface area (Å²) < 4.78 is 13.7. The minimum absolute atomic E-state index is 0.154. The Bertz CT molecular complexity index is 1040. The van der Waals surface area contributed by atoms with Crippen LogP contribution in [0.25, 0.3) is 0 Å². The van der Waals surface area contributed by atoms with E-state index in [0.717, 1.165) is 10.6 Å². The Balaban J connectivity index is 1.36. The molecule has 4 rings (SSSR count). The van der Waals surface area contributed by atoms with Crippen molar-refractivity contribution in [3.05, 3.63) is 70.7 Å². The van der Waals surface area contributed by atoms with E-state index < -0.39 is 5.82 Å². The number of benzene rings is 1. The Kier molecular flexibility index (Phi) is 5.59. The molecule has 3 aromatic rings. The van der Waals surface area contributed by atoms with Gasteiger partial charge in [0.1, 0.15) is 11.5 Å². The van der Waals surface area contributed by atoms with E-state index in [1.165, 1.54) is 23.5 Å². The number of carbonyl (C=O) groups is 2. The number of hydrogen-bond donors (Lipinski definition) is 2. The van der Waals surface area contributed by atoms with Crippen molar-refractivity contribution >= 4 is 34.0 Å². The third-order valence-corrected chi connectivity index (χ3v) is 5.44. The summed E-state index contributed by atoms with van der Waals surface area (Å²) in [5.74, 6) is -1.04. The van der Waals surface area contributed by atoms with E-state index in [1.807, 2.05) is 4.90 Å². The molecule has 1 aromatic carbocycles. The number of para-hydroxylation sites is 1. The number of carbonyl (C=O) groups excluding carboxylic acids is 2. The maximum absolute atomic E-state index is 13.7. The van der Waals surface area contributed by atoms with Gasteiger partial charge in [-0.25, -0.2) is 9.37 Å². The molecule has 0 unspecified atom stereocenters. The molecule has 0 spiro atoms. The lowest BCUT2D eigenvalue weighted by Gasteiger charge is -2.25. The van der Waals surface area contributed by atoms with Crippen molar-refractivity contribution in [2.75, 3.05) is 23.7 Å². The highest BCUT2D eigenvalue weighted by Crippen LogP contribution is 2.28. The van der Waals surface area contributed by atoms with Crippen LogP contribution in [0, 0.1) is 5.82 Å². The Morgan fingerprint density at radius 1 is 1.14 bits per heavy atom. The molecule has 0 fully saturated rings. The zero-order chi connectivity index (χ0) is 20.2. The topological polar surface area (TPSA) is 87.2 Å². The van der Waals surface area contributed by atoms with Crippen LogP contribution in [0.1, 0.15) is 21.1 Å². The molecule has 0 bridgehead atoms. The fraction of sp³-hybridized carbons (Fsp3) is 0.200. The number of nitrogens with zero attached hydrogens (tertiary/aromatic N) is 3. The number of rotatable bonds is 5. The molecule has 148 valence electrons. The van der Waals surface area contributed by atoms with Crippen molar-refractivity contribution in [3.8, 4) is 0 Å². The van der Waals surface area contributed by atoms with Gasteiger partial charge < -0.3 is 5.32 Å². The fourth-order valence-corrected chi connectivity index (χ4v) is 4.10. The van der Waals surface area contributed by atoms with Gasteiger partial charge in [-0.2, -0.15) is 0 Å². The van der Waals surface area contributed by atoms with Crippen LogP contribution in [-0.2, 0) is 17.8 Å². The van der Waals surface area contributed by atoms with Crippen LogP contribution in [0.5, 0.6) is 0 Å². The molecule has 0 radical (unpaired) electrons. The Labute approximate surface area is 170 Å². The number of halogens is 1. The second kappa shape index (κ2) is 8.46. The first-order valence-corrected chi connectivity index (χ1v) is 9.88. The van der Waals surface area contributed by atoms with Gasteiger partial charge in [0.05, 0.1) is 17.9 Å². The van der Waals surface area contributed by atoms with Gasteiger partial charge in [0.25, 0.3) is 5.91 Å². The minimum Gasteiger partial charge on any atom is -0.322 e. The van der Waals surface area contributed by atoms with Gasteiger partial charge in [0.2, 0.25) is 5.91 Å². The number of nitrogens with one attached hydrogen (secondary N) is 2. The van der Waals surface area contributed by atoms with E-state index in [9.17, 15) is 14.0 Å². The van der Waals surface area contributed by atoms with Crippen LogP contribution >= 0.6 is 11.3 Å². The minimum atomic E-state index is -0.461. The van der Waals surface area contributed by atoms with Gasteiger partial charge in [-0.05, 0) is 24.3 Å². The van der Waals surface area contributed by atoms with E-state index in [1.54, 1.807) is 36.5 Å². The number of amides is 2. The second-order valence-corrected chi connectivity index (χ2v) is 7.63. The van der Waals surface area contributed by atoms with Crippen molar-refractivity contribution in [1.82, 2.24) is 14.9 Å². The van der Waals surface area contributed by atoms with Gasteiger partial charge in [0.15, 0.2) is 5.13 Å². The van der Waals surface area contributed by atoms with Gasteiger partial charge in [0, 0.05) is 30.6 Å². The molecule has 2 N–H and O–H groups in total. The number of pyridine rings is 1. The molecule has 0 saturated heterocycles. The molecule has 0 atom stereocenters. The van der Waals surface area contributed by atoms with Crippen LogP contribution in [0.3, 0.4) is 0 Å². The Hall–Kier alpha value is -3.17. The predicted molar refractivity (Wildman–Crippen MR) is 108 cm³/mol. The van der Waals surface area contributed by atoms with Gasteiger partial charge in [-0.3, -0.25) is 24.8 Å². The second-order valence-electron chi connectivity index (χ2n) is 6.55. The number of thiazole rings is 1. The van der Waals surface area contributed by atoms with E-state index in [2.05, 4.69) is 20.6 Å². The molecule has 0 aliphatic carbocycles. The maximum Gasteiger partial charge on any atom is 0.276 e. The third kappa shape index (κ3) is 4.64. The summed E-state index contributed by atoms with van der Waals surface area (Å²) in [4.78, 5) is 36.0. The van der Waals surface area contributed by atoms with Crippen molar-refractivity contribution in [2.45, 2.75) is 13.0 Å². The fourth-order valence-electron chi connectivity index (χ4n) is 3.05. The van der Waals surface area contributed by atoms with Crippen LogP contribution in [0.2, 0.25) is 0 Å². The first-order valence-electron chi connectivity index (χ1n) is 9.06. The first kappa shape index (κ1) is 19.2. The van der Waals surface area contributed by atoms with Crippen molar-refractivity contribution in [3.63, 3.8) is 0 Å². The number of hydrogen-bond acceptors (Lipinski definition) is 6. The highest BCUT2D eigenvalue weighted by atomic mass is 32.1. The van der Waals surface area contributed by atoms with Crippen LogP contribution in [0.15, 0.2) is 48.7 Å². The summed E-state index contributed by atoms with van der Waals surface area (Å²) in [6.07, 6.45) is 2.24. The van der Waals surface area contributed by atoms with E-state index in [0.29, 0.717) is 30.3 Å². The average molecular weight is 411 g/mol. The van der Waals surface area contributed by atoms with Gasteiger partial charge in [-0.15, -0.1) is 11.3 Å². The van der Waals surface area contributed by atoms with Crippen molar-refractivity contribution < 1.29 is 14.0 Å². The summed E-state index contributed by atoms with van der Waals surface area (Å²) in [7, 11) is 0. The molecular weight excluding hydrogens is 393 g/mol. The molecular formula is C20H18FN5O2S. The SMILES string of the molecule is O=C(CN1CCc2nc(NC(=O)c3ccccn3)sc2C1)Nc1ccccc1F. The normalized spacial score (nSPS) is 13.6. The molecule has 2 aromatic heterocycles. The summed E-state index contributed by atoms with van der Waals surface area (Å²) in [6.45, 7) is 1.37. The van der Waals surface area contributed by atoms with Gasteiger partial charge in [-0.1, -0.05) is 18.2 Å². The quantitative estimate of drug-likeness (QED) is 0.674. The highest BCUT2D eigenvalue weighted by Gasteiger charge is 2.23. The number of fused-ring (bicyclic) bond motifs is 1. The van der Waals surface area contributed by atoms with E-state index >= 15 is 0 Å². The lowest BCUT2D eigenvalue weighted by atomic mass is 10.2.